The quantitative estimate of drug-likeness (QED) is 0.307. The van der Waals surface area contributed by atoms with E-state index in [-0.39, 0.29) is 0 Å². The Balaban J connectivity index is 3.06. The third-order valence-electron chi connectivity index (χ3n) is 2.67. The average molecular weight is 283 g/mol. The van der Waals surface area contributed by atoms with Crippen LogP contribution in [0.4, 0.5) is 0 Å². The molecule has 0 N–H and O–H groups in total. The van der Waals surface area contributed by atoms with Crippen LogP contribution in [0.5, 0.6) is 0 Å². The number of carbonyl (C=O) groups is 1. The van der Waals surface area contributed by atoms with Crippen LogP contribution in [0.25, 0.3) is 0 Å². The molecule has 0 rings (SSSR count). The first-order valence-corrected chi connectivity index (χ1v) is 7.50. The molecule has 0 amide bonds. The smallest absolute Gasteiger partial charge is 0.339 e. The van der Waals surface area contributed by atoms with Crippen LogP contribution in [0.3, 0.4) is 0 Å². The second-order valence-corrected chi connectivity index (χ2v) is 5.39. The molecule has 0 bridgehead atoms. The van der Waals surface area contributed by atoms with E-state index in [1.165, 1.54) is 44.9 Å². The van der Waals surface area contributed by atoms with E-state index in [0.29, 0.717) is 6.61 Å². The zero-order valence-electron chi connectivity index (χ0n) is 10.7. The highest BCUT2D eigenvalue weighted by atomic mass is 35.5. The number of ether oxygens (including phenoxy) is 1. The molecule has 4 heteroatoms. The summed E-state index contributed by atoms with van der Waals surface area (Å²) in [5.74, 6) is -0.534. The highest BCUT2D eigenvalue weighted by Gasteiger charge is 2.11. The molecule has 0 aliphatic rings. The minimum Gasteiger partial charge on any atom is -0.464 e. The molecule has 0 aliphatic carbocycles. The van der Waals surface area contributed by atoms with E-state index in [9.17, 15) is 4.79 Å². The van der Waals surface area contributed by atoms with Gasteiger partial charge in [0.2, 0.25) is 4.84 Å². The maximum absolute atomic E-state index is 10.9. The molecule has 0 fully saturated rings. The van der Waals surface area contributed by atoms with Crippen molar-refractivity contribution in [3.8, 4) is 0 Å². The largest absolute Gasteiger partial charge is 0.464 e. The van der Waals surface area contributed by atoms with Gasteiger partial charge < -0.3 is 4.74 Å². The molecular formula is C13H24Cl2O2. The Morgan fingerprint density at radius 3 is 1.88 bits per heavy atom. The molecule has 2 nitrogen and oxygen atoms in total. The molecule has 0 aliphatic heterocycles. The molecule has 17 heavy (non-hydrogen) atoms. The summed E-state index contributed by atoms with van der Waals surface area (Å²) in [6.45, 7) is 2.66. The first-order valence-electron chi connectivity index (χ1n) is 6.63. The summed E-state index contributed by atoms with van der Waals surface area (Å²) < 4.78 is 4.86. The zero-order chi connectivity index (χ0) is 12.9. The number of rotatable bonds is 11. The molecule has 0 saturated carbocycles. The SMILES string of the molecule is CCCCCCCCCCCOC(=O)C(Cl)Cl. The lowest BCUT2D eigenvalue weighted by Crippen LogP contribution is -2.12. The number of alkyl halides is 2. The van der Waals surface area contributed by atoms with Crippen LogP contribution in [-0.2, 0) is 9.53 Å². The summed E-state index contributed by atoms with van der Waals surface area (Å²) in [7, 11) is 0. The minimum absolute atomic E-state index is 0.435. The summed E-state index contributed by atoms with van der Waals surface area (Å²) in [6.07, 6.45) is 11.2. The summed E-state index contributed by atoms with van der Waals surface area (Å²) in [6, 6.07) is 0. The fourth-order valence-corrected chi connectivity index (χ4v) is 1.77. The van der Waals surface area contributed by atoms with Crippen molar-refractivity contribution in [1.29, 1.82) is 0 Å². The van der Waals surface area contributed by atoms with E-state index >= 15 is 0 Å². The van der Waals surface area contributed by atoms with Gasteiger partial charge in [-0.1, -0.05) is 81.5 Å². The van der Waals surface area contributed by atoms with Crippen LogP contribution in [-0.4, -0.2) is 17.4 Å². The van der Waals surface area contributed by atoms with Gasteiger partial charge in [-0.25, -0.2) is 4.79 Å². The van der Waals surface area contributed by atoms with Crippen molar-refractivity contribution >= 4 is 29.2 Å². The monoisotopic (exact) mass is 282 g/mol. The molecule has 0 saturated heterocycles. The fraction of sp³-hybridized carbons (Fsp3) is 0.923. The van der Waals surface area contributed by atoms with Crippen molar-refractivity contribution in [2.45, 2.75) is 69.5 Å². The third kappa shape index (κ3) is 12.3. The van der Waals surface area contributed by atoms with E-state index in [4.69, 9.17) is 27.9 Å². The van der Waals surface area contributed by atoms with Gasteiger partial charge in [-0.05, 0) is 6.42 Å². The molecule has 0 heterocycles. The average Bonchev–Trinajstić information content (AvgIpc) is 2.31. The number of halogens is 2. The summed E-state index contributed by atoms with van der Waals surface area (Å²) >= 11 is 10.7. The van der Waals surface area contributed by atoms with Gasteiger partial charge in [0.1, 0.15) is 0 Å². The number of hydrogen-bond donors (Lipinski definition) is 0. The first kappa shape index (κ1) is 17.1. The Labute approximate surface area is 115 Å². The van der Waals surface area contributed by atoms with Crippen LogP contribution >= 0.6 is 23.2 Å². The van der Waals surface area contributed by atoms with Crippen LogP contribution in [0.15, 0.2) is 0 Å². The maximum atomic E-state index is 10.9. The van der Waals surface area contributed by atoms with E-state index in [1.54, 1.807) is 0 Å². The van der Waals surface area contributed by atoms with Crippen molar-refractivity contribution < 1.29 is 9.53 Å². The molecule has 0 aromatic carbocycles. The maximum Gasteiger partial charge on any atom is 0.339 e. The van der Waals surface area contributed by atoms with Crippen molar-refractivity contribution in [3.63, 3.8) is 0 Å². The highest BCUT2D eigenvalue weighted by molar-refractivity contribution is 6.52. The van der Waals surface area contributed by atoms with Crippen molar-refractivity contribution in [2.24, 2.45) is 0 Å². The van der Waals surface area contributed by atoms with Crippen LogP contribution in [0.1, 0.15) is 64.7 Å². The Bertz CT molecular complexity index is 184. The van der Waals surface area contributed by atoms with Crippen LogP contribution < -0.4 is 0 Å². The molecule has 0 atom stereocenters. The minimum atomic E-state index is -1.05. The lowest BCUT2D eigenvalue weighted by molar-refractivity contribution is -0.141. The number of unbranched alkanes of at least 4 members (excludes halogenated alkanes) is 8. The van der Waals surface area contributed by atoms with E-state index in [0.717, 1.165) is 12.8 Å². The zero-order valence-corrected chi connectivity index (χ0v) is 12.2. The van der Waals surface area contributed by atoms with E-state index in [2.05, 4.69) is 6.92 Å². The fourth-order valence-electron chi connectivity index (χ4n) is 1.65. The summed E-state index contributed by atoms with van der Waals surface area (Å²) in [4.78, 5) is 9.84. The van der Waals surface area contributed by atoms with Gasteiger partial charge in [-0.2, -0.15) is 0 Å². The van der Waals surface area contributed by atoms with Gasteiger partial charge in [-0.3, -0.25) is 0 Å². The molecular weight excluding hydrogens is 259 g/mol. The first-order chi connectivity index (χ1) is 8.18. The van der Waals surface area contributed by atoms with Crippen molar-refractivity contribution in [3.05, 3.63) is 0 Å². The summed E-state index contributed by atoms with van der Waals surface area (Å²) in [5.41, 5.74) is 0. The van der Waals surface area contributed by atoms with Crippen LogP contribution in [0.2, 0.25) is 0 Å². The van der Waals surface area contributed by atoms with Crippen molar-refractivity contribution in [2.75, 3.05) is 6.61 Å². The van der Waals surface area contributed by atoms with E-state index in [1.807, 2.05) is 0 Å². The van der Waals surface area contributed by atoms with Crippen LogP contribution in [0, 0.1) is 0 Å². The Morgan fingerprint density at radius 1 is 0.941 bits per heavy atom. The van der Waals surface area contributed by atoms with Gasteiger partial charge in [0.05, 0.1) is 6.61 Å². The van der Waals surface area contributed by atoms with Gasteiger partial charge in [0.15, 0.2) is 0 Å². The van der Waals surface area contributed by atoms with Gasteiger partial charge >= 0.3 is 5.97 Å². The van der Waals surface area contributed by atoms with E-state index < -0.39 is 10.8 Å². The molecule has 0 unspecified atom stereocenters. The highest BCUT2D eigenvalue weighted by Crippen LogP contribution is 2.10. The predicted octanol–water partition coefficient (Wildman–Crippen LogP) is 4.86. The lowest BCUT2D eigenvalue weighted by Gasteiger charge is -2.05. The standard InChI is InChI=1S/C13H24Cl2O2/c1-2-3-4-5-6-7-8-9-10-11-17-13(16)12(14)15/h12H,2-11H2,1H3. The van der Waals surface area contributed by atoms with Crippen molar-refractivity contribution in [1.82, 2.24) is 0 Å². The van der Waals surface area contributed by atoms with Gasteiger partial charge in [0.25, 0.3) is 0 Å². The van der Waals surface area contributed by atoms with Gasteiger partial charge in [-0.15, -0.1) is 0 Å². The molecule has 102 valence electrons. The molecule has 0 aromatic heterocycles. The third-order valence-corrected chi connectivity index (χ3v) is 3.03. The number of hydrogen-bond acceptors (Lipinski definition) is 2. The molecule has 0 radical (unpaired) electrons. The Morgan fingerprint density at radius 2 is 1.41 bits per heavy atom. The Kier molecular flexibility index (Phi) is 12.5. The normalized spacial score (nSPS) is 10.8. The predicted molar refractivity (Wildman–Crippen MR) is 73.7 cm³/mol. The number of esters is 1. The summed E-state index contributed by atoms with van der Waals surface area (Å²) in [5, 5.41) is 0. The van der Waals surface area contributed by atoms with Gasteiger partial charge in [0, 0.05) is 0 Å². The molecule has 0 spiro atoms. The Hall–Kier alpha value is 0.0500. The number of carbonyl (C=O) groups excluding carboxylic acids is 1. The second kappa shape index (κ2) is 12.5. The topological polar surface area (TPSA) is 26.3 Å². The molecule has 0 aromatic rings. The second-order valence-electron chi connectivity index (χ2n) is 4.30. The lowest BCUT2D eigenvalue weighted by atomic mass is 10.1.